The lowest BCUT2D eigenvalue weighted by Crippen LogP contribution is -2.39. The first-order valence-corrected chi connectivity index (χ1v) is 21.1. The van der Waals surface area contributed by atoms with Gasteiger partial charge in [-0.1, -0.05) is 109 Å². The van der Waals surface area contributed by atoms with Crippen molar-refractivity contribution in [3.63, 3.8) is 0 Å². The molecule has 58 heavy (non-hydrogen) atoms. The van der Waals surface area contributed by atoms with E-state index in [-0.39, 0.29) is 18.0 Å². The molecule has 2 heterocycles. The van der Waals surface area contributed by atoms with Crippen LogP contribution in [0.2, 0.25) is 0 Å². The smallest absolute Gasteiger partial charge is 0.257 e. The average Bonchev–Trinajstić information content (AvgIpc) is 3.94. The second kappa shape index (κ2) is 16.2. The Bertz CT molecular complexity index is 2460. The van der Waals surface area contributed by atoms with Gasteiger partial charge in [0.05, 0.1) is 16.7 Å². The molecule has 3 aromatic rings. The number of fused-ring (bicyclic) bond motifs is 2. The van der Waals surface area contributed by atoms with Crippen molar-refractivity contribution in [1.29, 1.82) is 0 Å². The molecule has 288 valence electrons. The Morgan fingerprint density at radius 2 is 1.64 bits per heavy atom. The van der Waals surface area contributed by atoms with E-state index in [1.807, 2.05) is 16.8 Å². The van der Waals surface area contributed by atoms with Gasteiger partial charge in [-0.25, -0.2) is 8.79 Å². The maximum Gasteiger partial charge on any atom is 0.257 e. The summed E-state index contributed by atoms with van der Waals surface area (Å²) < 4.78 is 26.3. The normalized spacial score (nSPS) is 24.4. The lowest BCUT2D eigenvalue weighted by Gasteiger charge is -2.37. The molecule has 2 aliphatic heterocycles. The molecule has 0 radical (unpaired) electrons. The van der Waals surface area contributed by atoms with Crippen molar-refractivity contribution in [3.8, 4) is 0 Å². The van der Waals surface area contributed by atoms with E-state index in [1.54, 1.807) is 6.08 Å². The number of allylic oxidation sites excluding steroid dienone is 12. The fourth-order valence-corrected chi connectivity index (χ4v) is 9.57. The molecule has 7 aliphatic rings. The zero-order valence-corrected chi connectivity index (χ0v) is 33.0. The van der Waals surface area contributed by atoms with Crippen LogP contribution in [-0.4, -0.2) is 40.9 Å². The van der Waals surface area contributed by atoms with Crippen molar-refractivity contribution in [3.05, 3.63) is 196 Å². The maximum atomic E-state index is 14.2. The number of nitrogens with zero attached hydrogens (tertiary/aromatic N) is 7. The molecule has 9 heteroatoms. The summed E-state index contributed by atoms with van der Waals surface area (Å²) in [6.45, 7) is 0.490. The molecule has 7 nitrogen and oxygen atoms in total. The molecule has 0 N–H and O–H groups in total. The number of para-hydroxylation sites is 1. The average molecular weight is 782 g/mol. The summed E-state index contributed by atoms with van der Waals surface area (Å²) in [6.07, 6.45) is 32.3. The standard InChI is InChI=1S/C49H44FN7S/c50-37-27-21-34(22-28-37)33-55-49-45(36-25-31-43(32-26-36)57(40-17-9-3-10-18-40)41-19-11-4-12-20-41)47-46(52-58-53-47)44(48(49)51-54-55)35-23-29-42(30-24-35)56(38-13-5-1-6-14-38)39-15-7-2-8-16-39/h1,3-7,9-11,13-17,19,21-27,29-32,37,40,45,47H,2,8,12,18,20,28,33H2. The maximum absolute atomic E-state index is 14.2. The molecule has 0 saturated carbocycles. The molecular weight excluding hydrogens is 738 g/mol. The van der Waals surface area contributed by atoms with Crippen LogP contribution in [0.3, 0.4) is 0 Å². The zero-order valence-electron chi connectivity index (χ0n) is 32.2. The quantitative estimate of drug-likeness (QED) is 0.152. The van der Waals surface area contributed by atoms with Gasteiger partial charge in [-0.05, 0) is 103 Å². The molecule has 0 amide bonds. The summed E-state index contributed by atoms with van der Waals surface area (Å²) >= 11 is 1.27. The number of hydrogen-bond donors (Lipinski definition) is 0. The molecule has 4 atom stereocenters. The van der Waals surface area contributed by atoms with E-state index in [9.17, 15) is 4.39 Å². The molecule has 5 aliphatic carbocycles. The SMILES string of the molecule is FC1C=CC(C[N+]2=C3C(=C(c4ccc(N(C5=CCCC=C5)c5ccccc5)cc4)C4=NS[N-]C4C3c3ccc(N(C4=CC=CCC4)C4C=CC=CC4)cc3)N=N2)=CC1. The first kappa shape index (κ1) is 36.4. The lowest BCUT2D eigenvalue weighted by molar-refractivity contribution is -0.528. The third-order valence-electron chi connectivity index (χ3n) is 11.7. The molecule has 0 fully saturated rings. The molecule has 0 bridgehead atoms. The number of rotatable bonds is 10. The Balaban J connectivity index is 1.05. The Labute approximate surface area is 344 Å². The van der Waals surface area contributed by atoms with Crippen LogP contribution >= 0.6 is 12.1 Å². The molecule has 0 saturated heterocycles. The van der Waals surface area contributed by atoms with Gasteiger partial charge in [-0.3, -0.25) is 0 Å². The second-order valence-electron chi connectivity index (χ2n) is 15.4. The predicted molar refractivity (Wildman–Crippen MR) is 237 cm³/mol. The number of alkyl halides is 1. The van der Waals surface area contributed by atoms with Gasteiger partial charge in [-0.15, -0.1) is 16.8 Å². The van der Waals surface area contributed by atoms with Crippen molar-refractivity contribution >= 4 is 46.2 Å². The van der Waals surface area contributed by atoms with Crippen molar-refractivity contribution in [2.24, 2.45) is 14.7 Å². The van der Waals surface area contributed by atoms with E-state index in [0.29, 0.717) is 13.0 Å². The van der Waals surface area contributed by atoms with E-state index < -0.39 is 6.17 Å². The van der Waals surface area contributed by atoms with Crippen molar-refractivity contribution in [2.45, 2.75) is 62.7 Å². The van der Waals surface area contributed by atoms with Gasteiger partial charge in [0.2, 0.25) is 0 Å². The molecule has 4 unspecified atom stereocenters. The molecule has 0 aromatic heterocycles. The van der Waals surface area contributed by atoms with Gasteiger partial charge in [-0.2, -0.15) is 0 Å². The number of benzene rings is 3. The molecular formula is C49H44FN7S. The molecule has 10 rings (SSSR count). The minimum atomic E-state index is -0.959. The van der Waals surface area contributed by atoms with Crippen LogP contribution in [0.5, 0.6) is 0 Å². The highest BCUT2D eigenvalue weighted by molar-refractivity contribution is 8.01. The second-order valence-corrected chi connectivity index (χ2v) is 15.9. The summed E-state index contributed by atoms with van der Waals surface area (Å²) in [5.74, 6) is -0.167. The highest BCUT2D eigenvalue weighted by Crippen LogP contribution is 2.49. The monoisotopic (exact) mass is 781 g/mol. The van der Waals surface area contributed by atoms with E-state index in [2.05, 4.69) is 149 Å². The summed E-state index contributed by atoms with van der Waals surface area (Å²) in [4.78, 5) is 4.80. The van der Waals surface area contributed by atoms with Gasteiger partial charge in [0.25, 0.3) is 5.70 Å². The fraction of sp³-hybridized carbons (Fsp3) is 0.224. The summed E-state index contributed by atoms with van der Waals surface area (Å²) in [7, 11) is 0. The van der Waals surface area contributed by atoms with Gasteiger partial charge in [0.15, 0.2) is 5.71 Å². The Morgan fingerprint density at radius 1 is 0.793 bits per heavy atom. The first-order chi connectivity index (χ1) is 28.7. The van der Waals surface area contributed by atoms with Crippen LogP contribution in [0, 0.1) is 0 Å². The Hall–Kier alpha value is -5.90. The van der Waals surface area contributed by atoms with Crippen LogP contribution in [0.15, 0.2) is 195 Å². The van der Waals surface area contributed by atoms with Gasteiger partial charge >= 0.3 is 0 Å². The van der Waals surface area contributed by atoms with Crippen LogP contribution < -0.4 is 9.80 Å². The van der Waals surface area contributed by atoms with Crippen molar-refractivity contribution in [2.75, 3.05) is 16.3 Å². The van der Waals surface area contributed by atoms with Crippen LogP contribution in [-0.2, 0) is 0 Å². The molecule has 0 spiro atoms. The Morgan fingerprint density at radius 3 is 2.38 bits per heavy atom. The van der Waals surface area contributed by atoms with Crippen LogP contribution in [0.1, 0.15) is 55.6 Å². The summed E-state index contributed by atoms with van der Waals surface area (Å²) in [5.41, 5.74) is 12.7. The minimum absolute atomic E-state index is 0.167. The Kier molecular flexibility index (Phi) is 10.2. The zero-order chi connectivity index (χ0) is 38.8. The molecule has 3 aromatic carbocycles. The van der Waals surface area contributed by atoms with Gasteiger partial charge < -0.3 is 14.5 Å². The predicted octanol–water partition coefficient (Wildman–Crippen LogP) is 12.3. The first-order valence-electron chi connectivity index (χ1n) is 20.4. The van der Waals surface area contributed by atoms with E-state index in [4.69, 9.17) is 19.5 Å². The largest absolute Gasteiger partial charge is 0.577 e. The number of anilines is 3. The number of hydrogen-bond acceptors (Lipinski definition) is 6. The van der Waals surface area contributed by atoms with E-state index in [1.165, 1.54) is 23.5 Å². The fourth-order valence-electron chi connectivity index (χ4n) is 8.91. The van der Waals surface area contributed by atoms with E-state index in [0.717, 1.165) is 88.6 Å². The highest BCUT2D eigenvalue weighted by Gasteiger charge is 2.47. The van der Waals surface area contributed by atoms with Gasteiger partial charge in [0.1, 0.15) is 17.9 Å². The highest BCUT2D eigenvalue weighted by atomic mass is 32.2. The van der Waals surface area contributed by atoms with Crippen molar-refractivity contribution < 1.29 is 9.07 Å². The summed E-state index contributed by atoms with van der Waals surface area (Å²) in [6, 6.07) is 28.3. The summed E-state index contributed by atoms with van der Waals surface area (Å²) in [5, 5.41) is 9.75. The minimum Gasteiger partial charge on any atom is -0.577 e. The van der Waals surface area contributed by atoms with E-state index >= 15 is 0 Å². The van der Waals surface area contributed by atoms with Gasteiger partial charge in [0, 0.05) is 46.5 Å². The lowest BCUT2D eigenvalue weighted by atomic mass is 9.74. The topological polar surface area (TPSA) is 60.7 Å². The number of halogens is 1. The van der Waals surface area contributed by atoms with Crippen molar-refractivity contribution in [1.82, 2.24) is 0 Å². The van der Waals surface area contributed by atoms with Crippen LogP contribution in [0.4, 0.5) is 21.5 Å². The van der Waals surface area contributed by atoms with Crippen LogP contribution in [0.25, 0.3) is 10.3 Å². The third-order valence-corrected chi connectivity index (χ3v) is 12.3. The third kappa shape index (κ3) is 7.03.